The van der Waals surface area contributed by atoms with Crippen LogP contribution < -0.4 is 0 Å². The van der Waals surface area contributed by atoms with E-state index in [9.17, 15) is 4.79 Å². The predicted molar refractivity (Wildman–Crippen MR) is 88.0 cm³/mol. The lowest BCUT2D eigenvalue weighted by Gasteiger charge is -2.27. The summed E-state index contributed by atoms with van der Waals surface area (Å²) in [6.45, 7) is 3.86. The third-order valence-electron chi connectivity index (χ3n) is 5.92. The Morgan fingerprint density at radius 3 is 2.75 bits per heavy atom. The number of nitrogens with zero attached hydrogens (tertiary/aromatic N) is 5. The van der Waals surface area contributed by atoms with E-state index >= 15 is 0 Å². The van der Waals surface area contributed by atoms with Gasteiger partial charge in [-0.2, -0.15) is 0 Å². The molecule has 124 valence electrons. The SMILES string of the molecule is C[C@H]1C[C@@H]1C(=O)N1C[C@H]2CCc3nnc(-c4ccncc4)n3[C@H]2C1. The van der Waals surface area contributed by atoms with E-state index in [0.29, 0.717) is 23.8 Å². The molecular weight excluding hydrogens is 302 g/mol. The molecule has 4 atom stereocenters. The summed E-state index contributed by atoms with van der Waals surface area (Å²) in [5, 5.41) is 8.85. The van der Waals surface area contributed by atoms with Gasteiger partial charge in [-0.15, -0.1) is 10.2 Å². The molecule has 5 rings (SSSR count). The number of likely N-dealkylation sites (tertiary alicyclic amines) is 1. The van der Waals surface area contributed by atoms with Crippen molar-refractivity contribution in [3.63, 3.8) is 0 Å². The number of aromatic nitrogens is 4. The fourth-order valence-corrected chi connectivity index (χ4v) is 4.37. The van der Waals surface area contributed by atoms with Crippen molar-refractivity contribution in [2.24, 2.45) is 17.8 Å². The number of carbonyl (C=O) groups excluding carboxylic acids is 1. The van der Waals surface area contributed by atoms with E-state index in [1.54, 1.807) is 12.4 Å². The summed E-state index contributed by atoms with van der Waals surface area (Å²) in [4.78, 5) is 18.8. The first-order chi connectivity index (χ1) is 11.7. The summed E-state index contributed by atoms with van der Waals surface area (Å²) in [6.07, 6.45) is 6.68. The van der Waals surface area contributed by atoms with E-state index in [1.165, 1.54) is 0 Å². The van der Waals surface area contributed by atoms with Gasteiger partial charge < -0.3 is 9.47 Å². The minimum atomic E-state index is 0.269. The smallest absolute Gasteiger partial charge is 0.226 e. The van der Waals surface area contributed by atoms with Gasteiger partial charge in [0, 0.05) is 43.4 Å². The second-order valence-electron chi connectivity index (χ2n) is 7.47. The van der Waals surface area contributed by atoms with Crippen molar-refractivity contribution in [3.05, 3.63) is 30.4 Å². The molecule has 0 unspecified atom stereocenters. The maximum Gasteiger partial charge on any atom is 0.226 e. The maximum absolute atomic E-state index is 12.6. The van der Waals surface area contributed by atoms with E-state index in [4.69, 9.17) is 0 Å². The van der Waals surface area contributed by atoms with Gasteiger partial charge in [-0.1, -0.05) is 6.92 Å². The molecule has 0 aromatic carbocycles. The lowest BCUT2D eigenvalue weighted by atomic mass is 9.93. The number of fused-ring (bicyclic) bond motifs is 3. The van der Waals surface area contributed by atoms with Gasteiger partial charge in [0.05, 0.1) is 6.04 Å². The molecule has 0 spiro atoms. The number of pyridine rings is 1. The van der Waals surface area contributed by atoms with Gasteiger partial charge in [0.2, 0.25) is 5.91 Å². The summed E-state index contributed by atoms with van der Waals surface area (Å²) in [5.74, 6) is 3.68. The van der Waals surface area contributed by atoms with Crippen LogP contribution in [0.5, 0.6) is 0 Å². The highest BCUT2D eigenvalue weighted by molar-refractivity contribution is 5.82. The molecule has 1 aliphatic carbocycles. The van der Waals surface area contributed by atoms with Crippen molar-refractivity contribution in [1.82, 2.24) is 24.6 Å². The Labute approximate surface area is 140 Å². The second-order valence-corrected chi connectivity index (χ2v) is 7.47. The van der Waals surface area contributed by atoms with Crippen LogP contribution in [0.25, 0.3) is 11.4 Å². The van der Waals surface area contributed by atoms with Gasteiger partial charge >= 0.3 is 0 Å². The summed E-state index contributed by atoms with van der Waals surface area (Å²) in [5.41, 5.74) is 1.05. The Hall–Kier alpha value is -2.24. The van der Waals surface area contributed by atoms with E-state index in [-0.39, 0.29) is 5.92 Å². The molecule has 1 saturated carbocycles. The predicted octanol–water partition coefficient (Wildman–Crippen LogP) is 1.94. The van der Waals surface area contributed by atoms with Gasteiger partial charge in [-0.3, -0.25) is 9.78 Å². The Bertz CT molecular complexity index is 786. The fraction of sp³-hybridized carbons (Fsp3) is 0.556. The molecular formula is C18H21N5O. The first-order valence-electron chi connectivity index (χ1n) is 8.85. The van der Waals surface area contributed by atoms with E-state index < -0.39 is 0 Å². The molecule has 0 N–H and O–H groups in total. The third-order valence-corrected chi connectivity index (χ3v) is 5.92. The van der Waals surface area contributed by atoms with Crippen LogP contribution in [0.15, 0.2) is 24.5 Å². The molecule has 2 aromatic rings. The van der Waals surface area contributed by atoms with Gasteiger partial charge in [0.25, 0.3) is 0 Å². The largest absolute Gasteiger partial charge is 0.340 e. The van der Waals surface area contributed by atoms with Gasteiger partial charge in [0.15, 0.2) is 5.82 Å². The van der Waals surface area contributed by atoms with Gasteiger partial charge in [-0.25, -0.2) is 0 Å². The van der Waals surface area contributed by atoms with Crippen LogP contribution in [0, 0.1) is 17.8 Å². The summed E-state index contributed by atoms with van der Waals surface area (Å²) in [7, 11) is 0. The number of carbonyl (C=O) groups is 1. The summed E-state index contributed by atoms with van der Waals surface area (Å²) < 4.78 is 2.28. The van der Waals surface area contributed by atoms with Crippen LogP contribution in [0.2, 0.25) is 0 Å². The molecule has 6 nitrogen and oxygen atoms in total. The average Bonchev–Trinajstić information content (AvgIpc) is 3.02. The zero-order valence-electron chi connectivity index (χ0n) is 13.8. The molecule has 0 bridgehead atoms. The first kappa shape index (κ1) is 14.1. The summed E-state index contributed by atoms with van der Waals surface area (Å²) in [6, 6.07) is 4.26. The topological polar surface area (TPSA) is 63.9 Å². The Kier molecular flexibility index (Phi) is 3.02. The van der Waals surface area contributed by atoms with Gasteiger partial charge in [0.1, 0.15) is 5.82 Å². The normalized spacial score (nSPS) is 30.8. The highest BCUT2D eigenvalue weighted by Crippen LogP contribution is 2.43. The van der Waals surface area contributed by atoms with E-state index in [0.717, 1.165) is 49.6 Å². The minimum absolute atomic E-state index is 0.269. The lowest BCUT2D eigenvalue weighted by Crippen LogP contribution is -2.31. The number of amides is 1. The fourth-order valence-electron chi connectivity index (χ4n) is 4.37. The van der Waals surface area contributed by atoms with Crippen LogP contribution >= 0.6 is 0 Å². The molecule has 6 heteroatoms. The lowest BCUT2D eigenvalue weighted by molar-refractivity contribution is -0.132. The number of aryl methyl sites for hydroxylation is 1. The van der Waals surface area contributed by atoms with Crippen LogP contribution in [-0.4, -0.2) is 43.6 Å². The molecule has 2 aromatic heterocycles. The van der Waals surface area contributed by atoms with Crippen LogP contribution in [0.1, 0.15) is 31.6 Å². The van der Waals surface area contributed by atoms with Crippen LogP contribution in [-0.2, 0) is 11.2 Å². The summed E-state index contributed by atoms with van der Waals surface area (Å²) >= 11 is 0. The molecule has 1 saturated heterocycles. The maximum atomic E-state index is 12.6. The average molecular weight is 323 g/mol. The Balaban J connectivity index is 1.47. The monoisotopic (exact) mass is 323 g/mol. The molecule has 2 fully saturated rings. The van der Waals surface area contributed by atoms with Gasteiger partial charge in [-0.05, 0) is 36.8 Å². The van der Waals surface area contributed by atoms with Crippen LogP contribution in [0.3, 0.4) is 0 Å². The number of hydrogen-bond acceptors (Lipinski definition) is 4. The zero-order chi connectivity index (χ0) is 16.3. The third kappa shape index (κ3) is 2.08. The molecule has 3 aliphatic rings. The molecule has 24 heavy (non-hydrogen) atoms. The van der Waals surface area contributed by atoms with Crippen molar-refractivity contribution >= 4 is 5.91 Å². The van der Waals surface area contributed by atoms with E-state index in [2.05, 4.69) is 31.6 Å². The molecule has 2 aliphatic heterocycles. The quantitative estimate of drug-likeness (QED) is 0.847. The zero-order valence-corrected chi connectivity index (χ0v) is 13.8. The second kappa shape index (κ2) is 5.13. The standard InChI is InChI=1S/C18H21N5O/c1-11-8-14(11)18(24)22-9-13-2-3-16-20-21-17(23(16)15(13)10-22)12-4-6-19-7-5-12/h4-7,11,13-15H,2-3,8-10H2,1H3/t11-,13+,14-,15-/m0/s1. The van der Waals surface area contributed by atoms with Crippen molar-refractivity contribution in [1.29, 1.82) is 0 Å². The molecule has 0 radical (unpaired) electrons. The van der Waals surface area contributed by atoms with Crippen molar-refractivity contribution in [2.75, 3.05) is 13.1 Å². The highest BCUT2D eigenvalue weighted by atomic mass is 16.2. The van der Waals surface area contributed by atoms with Crippen LogP contribution in [0.4, 0.5) is 0 Å². The highest BCUT2D eigenvalue weighted by Gasteiger charge is 2.47. The molecule has 4 heterocycles. The van der Waals surface area contributed by atoms with Crippen molar-refractivity contribution in [2.45, 2.75) is 32.2 Å². The number of hydrogen-bond donors (Lipinski definition) is 0. The number of rotatable bonds is 2. The Morgan fingerprint density at radius 2 is 2.00 bits per heavy atom. The first-order valence-corrected chi connectivity index (χ1v) is 8.85. The Morgan fingerprint density at radius 1 is 1.21 bits per heavy atom. The van der Waals surface area contributed by atoms with Crippen molar-refractivity contribution < 1.29 is 4.79 Å². The van der Waals surface area contributed by atoms with Crippen molar-refractivity contribution in [3.8, 4) is 11.4 Å². The van der Waals surface area contributed by atoms with E-state index in [1.807, 2.05) is 12.1 Å². The minimum Gasteiger partial charge on any atom is -0.340 e. The molecule has 1 amide bonds.